The Hall–Kier alpha value is -2.12. The highest BCUT2D eigenvalue weighted by Gasteiger charge is 2.45. The van der Waals surface area contributed by atoms with Crippen LogP contribution in [0.25, 0.3) is 0 Å². The first-order chi connectivity index (χ1) is 12.8. The molecule has 2 fully saturated rings. The lowest BCUT2D eigenvalue weighted by molar-refractivity contribution is 0.0681. The maximum absolute atomic E-state index is 12.9. The lowest BCUT2D eigenvalue weighted by Gasteiger charge is -2.20. The lowest BCUT2D eigenvalue weighted by atomic mass is 9.93. The van der Waals surface area contributed by atoms with Crippen LogP contribution in [0, 0.1) is 11.8 Å². The Bertz CT molecular complexity index is 751. The fourth-order valence-corrected chi connectivity index (χ4v) is 4.54. The number of rotatable bonds is 6. The summed E-state index contributed by atoms with van der Waals surface area (Å²) in [5.41, 5.74) is 0. The molecule has 0 bridgehead atoms. The summed E-state index contributed by atoms with van der Waals surface area (Å²) in [6.07, 6.45) is 1.91. The van der Waals surface area contributed by atoms with E-state index in [9.17, 15) is 4.79 Å². The molecule has 0 aliphatic carbocycles. The molecule has 0 unspecified atom stereocenters. The number of nitrogens with one attached hydrogen (secondary N) is 1. The van der Waals surface area contributed by atoms with Gasteiger partial charge in [0.2, 0.25) is 0 Å². The van der Waals surface area contributed by atoms with Crippen molar-refractivity contribution in [1.29, 1.82) is 0 Å². The van der Waals surface area contributed by atoms with Crippen molar-refractivity contribution in [2.45, 2.75) is 13.0 Å². The smallest absolute Gasteiger partial charge is 0.267 e. The second-order valence-electron chi connectivity index (χ2n) is 6.65. The Balaban J connectivity index is 1.38. The number of hydrogen-bond donors (Lipinski definition) is 1. The van der Waals surface area contributed by atoms with Crippen LogP contribution < -0.4 is 10.1 Å². The van der Waals surface area contributed by atoms with E-state index in [0.717, 1.165) is 25.5 Å². The third-order valence-corrected chi connectivity index (χ3v) is 5.94. The van der Waals surface area contributed by atoms with E-state index < -0.39 is 0 Å². The van der Waals surface area contributed by atoms with Gasteiger partial charge in [0.15, 0.2) is 0 Å². The van der Waals surface area contributed by atoms with Crippen molar-refractivity contribution in [3.8, 4) is 5.75 Å². The van der Waals surface area contributed by atoms with Crippen LogP contribution in [0.2, 0.25) is 0 Å². The number of fused-ring (bicyclic) bond motifs is 1. The minimum atomic E-state index is 0.0536. The first-order valence-corrected chi connectivity index (χ1v) is 9.90. The molecule has 4 heterocycles. The van der Waals surface area contributed by atoms with E-state index in [1.54, 1.807) is 6.20 Å². The molecular formula is C19H23N3O3S. The fraction of sp³-hybridized carbons (Fsp3) is 0.474. The number of hydrogen-bond acceptors (Lipinski definition) is 6. The average molecular weight is 373 g/mol. The van der Waals surface area contributed by atoms with Gasteiger partial charge in [0.05, 0.1) is 19.3 Å². The molecule has 4 rings (SSSR count). The van der Waals surface area contributed by atoms with Crippen LogP contribution in [-0.4, -0.2) is 54.7 Å². The van der Waals surface area contributed by atoms with Gasteiger partial charge in [-0.05, 0) is 30.5 Å². The molecule has 2 aliphatic rings. The number of likely N-dealkylation sites (tertiary alicyclic amines) is 1. The van der Waals surface area contributed by atoms with Gasteiger partial charge >= 0.3 is 0 Å². The standard InChI is InChI=1S/C19H23N3O3S/c1-2-24-15-6-8-26-18(15)19(23)22-10-14-13(12-25-16(14)11-22)9-21-17-5-3-4-7-20-17/h3-8,13-14,16H,2,9-12H2,1H3,(H,20,21)/t13-,14+,16+/m0/s1. The molecule has 1 amide bonds. The summed E-state index contributed by atoms with van der Waals surface area (Å²) < 4.78 is 11.5. The first-order valence-electron chi connectivity index (χ1n) is 9.02. The minimum absolute atomic E-state index is 0.0536. The number of aromatic nitrogens is 1. The van der Waals surface area contributed by atoms with Crippen molar-refractivity contribution in [2.75, 3.05) is 38.2 Å². The molecule has 138 valence electrons. The largest absolute Gasteiger partial charge is 0.492 e. The van der Waals surface area contributed by atoms with Crippen molar-refractivity contribution in [1.82, 2.24) is 9.88 Å². The summed E-state index contributed by atoms with van der Waals surface area (Å²) in [5, 5.41) is 5.29. The molecule has 26 heavy (non-hydrogen) atoms. The normalized spacial score (nSPS) is 24.5. The molecule has 7 heteroatoms. The van der Waals surface area contributed by atoms with E-state index in [4.69, 9.17) is 9.47 Å². The number of thiophene rings is 1. The van der Waals surface area contributed by atoms with Crippen molar-refractivity contribution < 1.29 is 14.3 Å². The van der Waals surface area contributed by atoms with Gasteiger partial charge in [0.25, 0.3) is 5.91 Å². The van der Waals surface area contributed by atoms with Gasteiger partial charge in [0.1, 0.15) is 16.4 Å². The summed E-state index contributed by atoms with van der Waals surface area (Å²) in [7, 11) is 0. The molecule has 2 aliphatic heterocycles. The fourth-order valence-electron chi connectivity index (χ4n) is 3.74. The Kier molecular flexibility index (Phi) is 5.08. The van der Waals surface area contributed by atoms with Gasteiger partial charge in [-0.15, -0.1) is 11.3 Å². The van der Waals surface area contributed by atoms with Crippen LogP contribution in [-0.2, 0) is 4.74 Å². The molecule has 0 aromatic carbocycles. The van der Waals surface area contributed by atoms with E-state index in [1.807, 2.05) is 41.5 Å². The predicted octanol–water partition coefficient (Wildman–Crippen LogP) is 2.74. The maximum atomic E-state index is 12.9. The molecule has 3 atom stereocenters. The van der Waals surface area contributed by atoms with Crippen LogP contribution in [0.15, 0.2) is 35.8 Å². The van der Waals surface area contributed by atoms with E-state index in [2.05, 4.69) is 10.3 Å². The molecule has 2 aromatic heterocycles. The number of carbonyl (C=O) groups excluding carboxylic acids is 1. The van der Waals surface area contributed by atoms with E-state index in [0.29, 0.717) is 35.6 Å². The third-order valence-electron chi connectivity index (χ3n) is 5.06. The van der Waals surface area contributed by atoms with Gasteiger partial charge in [0, 0.05) is 37.7 Å². The highest BCUT2D eigenvalue weighted by molar-refractivity contribution is 7.12. The highest BCUT2D eigenvalue weighted by Crippen LogP contribution is 2.36. The number of ether oxygens (including phenoxy) is 2. The lowest BCUT2D eigenvalue weighted by Crippen LogP contribution is -2.32. The van der Waals surface area contributed by atoms with Crippen LogP contribution in [0.1, 0.15) is 16.6 Å². The molecule has 2 saturated heterocycles. The topological polar surface area (TPSA) is 63.7 Å². The van der Waals surface area contributed by atoms with Crippen molar-refractivity contribution in [2.24, 2.45) is 11.8 Å². The minimum Gasteiger partial charge on any atom is -0.492 e. The highest BCUT2D eigenvalue weighted by atomic mass is 32.1. The summed E-state index contributed by atoms with van der Waals surface area (Å²) in [6.45, 7) is 5.43. The Morgan fingerprint density at radius 2 is 2.35 bits per heavy atom. The summed E-state index contributed by atoms with van der Waals surface area (Å²) in [5.74, 6) is 2.37. The molecule has 2 aromatic rings. The SMILES string of the molecule is CCOc1ccsc1C(=O)N1C[C@@H]2[C@@H](CNc3ccccn3)CO[C@@H]2C1. The maximum Gasteiger partial charge on any atom is 0.267 e. The number of nitrogens with zero attached hydrogens (tertiary/aromatic N) is 2. The molecule has 0 saturated carbocycles. The van der Waals surface area contributed by atoms with Crippen molar-refractivity contribution >= 4 is 23.1 Å². The van der Waals surface area contributed by atoms with Crippen LogP contribution in [0.4, 0.5) is 5.82 Å². The number of anilines is 1. The molecule has 0 spiro atoms. The molecular weight excluding hydrogens is 350 g/mol. The zero-order valence-corrected chi connectivity index (χ0v) is 15.6. The van der Waals surface area contributed by atoms with Gasteiger partial charge < -0.3 is 19.7 Å². The van der Waals surface area contributed by atoms with Gasteiger partial charge in [-0.25, -0.2) is 4.98 Å². The number of carbonyl (C=O) groups is 1. The van der Waals surface area contributed by atoms with E-state index in [1.165, 1.54) is 11.3 Å². The molecule has 1 N–H and O–H groups in total. The first kappa shape index (κ1) is 17.3. The Morgan fingerprint density at radius 1 is 1.42 bits per heavy atom. The zero-order valence-electron chi connectivity index (χ0n) is 14.8. The molecule has 6 nitrogen and oxygen atoms in total. The van der Waals surface area contributed by atoms with Gasteiger partial charge in [-0.1, -0.05) is 6.07 Å². The Labute approximate surface area is 157 Å². The van der Waals surface area contributed by atoms with Crippen molar-refractivity contribution in [3.63, 3.8) is 0 Å². The quantitative estimate of drug-likeness (QED) is 0.844. The van der Waals surface area contributed by atoms with E-state index >= 15 is 0 Å². The summed E-state index contributed by atoms with van der Waals surface area (Å²) in [6, 6.07) is 7.70. The summed E-state index contributed by atoms with van der Waals surface area (Å²) >= 11 is 1.44. The number of pyridine rings is 1. The second-order valence-corrected chi connectivity index (χ2v) is 7.56. The van der Waals surface area contributed by atoms with Crippen LogP contribution in [0.5, 0.6) is 5.75 Å². The Morgan fingerprint density at radius 3 is 3.15 bits per heavy atom. The van der Waals surface area contributed by atoms with E-state index in [-0.39, 0.29) is 12.0 Å². The van der Waals surface area contributed by atoms with Gasteiger partial charge in [-0.3, -0.25) is 4.79 Å². The summed E-state index contributed by atoms with van der Waals surface area (Å²) in [4.78, 5) is 19.8. The second kappa shape index (κ2) is 7.63. The monoisotopic (exact) mass is 373 g/mol. The van der Waals surface area contributed by atoms with Crippen LogP contribution >= 0.6 is 11.3 Å². The molecule has 0 radical (unpaired) electrons. The number of amides is 1. The predicted molar refractivity (Wildman–Crippen MR) is 101 cm³/mol. The average Bonchev–Trinajstić information content (AvgIpc) is 3.37. The third kappa shape index (κ3) is 3.41. The van der Waals surface area contributed by atoms with Gasteiger partial charge in [-0.2, -0.15) is 0 Å². The van der Waals surface area contributed by atoms with Crippen molar-refractivity contribution in [3.05, 3.63) is 40.7 Å². The zero-order chi connectivity index (χ0) is 17.9. The van der Waals surface area contributed by atoms with Crippen LogP contribution in [0.3, 0.4) is 0 Å².